The molecule has 6 heteroatoms. The summed E-state index contributed by atoms with van der Waals surface area (Å²) in [5.74, 6) is -0.670. The Morgan fingerprint density at radius 2 is 2.05 bits per heavy atom. The van der Waals surface area contributed by atoms with Crippen LogP contribution in [0.2, 0.25) is 0 Å². The third kappa shape index (κ3) is 5.61. The highest BCUT2D eigenvalue weighted by Crippen LogP contribution is 2.21. The average Bonchev–Trinajstić information content (AvgIpc) is 2.44. The van der Waals surface area contributed by atoms with Crippen LogP contribution < -0.4 is 0 Å². The van der Waals surface area contributed by atoms with Crippen molar-refractivity contribution in [3.8, 4) is 0 Å². The van der Waals surface area contributed by atoms with Crippen molar-refractivity contribution in [1.82, 2.24) is 4.90 Å². The number of carbonyl (C=O) groups excluding carboxylic acids is 2. The molecule has 0 spiro atoms. The van der Waals surface area contributed by atoms with Gasteiger partial charge in [-0.2, -0.15) is 0 Å². The number of amides is 1. The second-order valence-corrected chi connectivity index (χ2v) is 5.11. The number of hydrogen-bond donors (Lipinski definition) is 0. The SMILES string of the molecule is CCOC(=O)CCN(C)C(=O)CSc1ccccc1F. The zero-order valence-electron chi connectivity index (χ0n) is 11.6. The highest BCUT2D eigenvalue weighted by atomic mass is 32.2. The smallest absolute Gasteiger partial charge is 0.307 e. The first-order valence-corrected chi connectivity index (χ1v) is 7.30. The fourth-order valence-electron chi connectivity index (χ4n) is 1.43. The van der Waals surface area contributed by atoms with Gasteiger partial charge in [0.15, 0.2) is 0 Å². The molecule has 0 aromatic heterocycles. The summed E-state index contributed by atoms with van der Waals surface area (Å²) in [6.45, 7) is 2.37. The van der Waals surface area contributed by atoms with E-state index in [1.807, 2.05) is 0 Å². The summed E-state index contributed by atoms with van der Waals surface area (Å²) in [7, 11) is 1.61. The van der Waals surface area contributed by atoms with E-state index in [1.54, 1.807) is 32.2 Å². The molecule has 0 N–H and O–H groups in total. The molecule has 0 saturated heterocycles. The molecule has 0 radical (unpaired) electrons. The number of thioether (sulfide) groups is 1. The van der Waals surface area contributed by atoms with Gasteiger partial charge >= 0.3 is 5.97 Å². The number of hydrogen-bond acceptors (Lipinski definition) is 4. The van der Waals surface area contributed by atoms with Gasteiger partial charge in [-0.25, -0.2) is 4.39 Å². The van der Waals surface area contributed by atoms with Gasteiger partial charge < -0.3 is 9.64 Å². The summed E-state index contributed by atoms with van der Waals surface area (Å²) in [5, 5.41) is 0. The lowest BCUT2D eigenvalue weighted by atomic mass is 10.3. The maximum atomic E-state index is 13.4. The topological polar surface area (TPSA) is 46.6 Å². The summed E-state index contributed by atoms with van der Waals surface area (Å²) in [6.07, 6.45) is 0.167. The first-order valence-electron chi connectivity index (χ1n) is 6.31. The van der Waals surface area contributed by atoms with E-state index in [-0.39, 0.29) is 29.9 Å². The third-order valence-corrected chi connectivity index (χ3v) is 3.60. The van der Waals surface area contributed by atoms with Crippen molar-refractivity contribution in [2.24, 2.45) is 0 Å². The van der Waals surface area contributed by atoms with E-state index >= 15 is 0 Å². The van der Waals surface area contributed by atoms with Gasteiger partial charge in [0.05, 0.1) is 18.8 Å². The Hall–Kier alpha value is -1.56. The Kier molecular flexibility index (Phi) is 7.08. The van der Waals surface area contributed by atoms with E-state index in [2.05, 4.69) is 0 Å². The lowest BCUT2D eigenvalue weighted by Crippen LogP contribution is -2.30. The van der Waals surface area contributed by atoms with Crippen LogP contribution >= 0.6 is 11.8 Å². The van der Waals surface area contributed by atoms with Gasteiger partial charge in [0, 0.05) is 18.5 Å². The third-order valence-electron chi connectivity index (χ3n) is 2.57. The standard InChI is InChI=1S/C14H18FNO3S/c1-3-19-14(18)8-9-16(2)13(17)10-20-12-7-5-4-6-11(12)15/h4-7H,3,8-10H2,1-2H3. The molecular weight excluding hydrogens is 281 g/mol. The quantitative estimate of drug-likeness (QED) is 0.572. The van der Waals surface area contributed by atoms with E-state index in [1.165, 1.54) is 11.0 Å². The maximum Gasteiger partial charge on any atom is 0.307 e. The summed E-state index contributed by atoms with van der Waals surface area (Å²) in [4.78, 5) is 24.9. The molecule has 1 aromatic rings. The Morgan fingerprint density at radius 1 is 1.35 bits per heavy atom. The van der Waals surface area contributed by atoms with E-state index in [9.17, 15) is 14.0 Å². The zero-order valence-corrected chi connectivity index (χ0v) is 12.4. The van der Waals surface area contributed by atoms with Gasteiger partial charge in [0.2, 0.25) is 5.91 Å². The Morgan fingerprint density at radius 3 is 2.70 bits per heavy atom. The summed E-state index contributed by atoms with van der Waals surface area (Å²) < 4.78 is 18.2. The van der Waals surface area contributed by atoms with Crippen LogP contribution in [0.1, 0.15) is 13.3 Å². The minimum absolute atomic E-state index is 0.139. The van der Waals surface area contributed by atoms with Crippen LogP contribution in [0.5, 0.6) is 0 Å². The Labute approximate surface area is 122 Å². The fourth-order valence-corrected chi connectivity index (χ4v) is 2.31. The van der Waals surface area contributed by atoms with Crippen LogP contribution in [0.15, 0.2) is 29.2 Å². The molecule has 0 bridgehead atoms. The van der Waals surface area contributed by atoms with Gasteiger partial charge in [-0.1, -0.05) is 12.1 Å². The van der Waals surface area contributed by atoms with Gasteiger partial charge in [0.25, 0.3) is 0 Å². The van der Waals surface area contributed by atoms with E-state index < -0.39 is 0 Å². The molecule has 4 nitrogen and oxygen atoms in total. The van der Waals surface area contributed by atoms with Gasteiger partial charge in [-0.05, 0) is 19.1 Å². The zero-order chi connectivity index (χ0) is 15.0. The van der Waals surface area contributed by atoms with E-state index in [0.717, 1.165) is 11.8 Å². The molecule has 1 rings (SSSR count). The average molecular weight is 299 g/mol. The normalized spacial score (nSPS) is 10.2. The molecule has 1 amide bonds. The van der Waals surface area contributed by atoms with Crippen molar-refractivity contribution in [2.75, 3.05) is 26.0 Å². The molecule has 0 aliphatic carbocycles. The molecule has 0 unspecified atom stereocenters. The van der Waals surface area contributed by atoms with Crippen LogP contribution in [0.3, 0.4) is 0 Å². The highest BCUT2D eigenvalue weighted by Gasteiger charge is 2.12. The van der Waals surface area contributed by atoms with Crippen molar-refractivity contribution < 1.29 is 18.7 Å². The lowest BCUT2D eigenvalue weighted by Gasteiger charge is -2.16. The fraction of sp³-hybridized carbons (Fsp3) is 0.429. The summed E-state index contributed by atoms with van der Waals surface area (Å²) >= 11 is 1.15. The van der Waals surface area contributed by atoms with Gasteiger partial charge in [-0.3, -0.25) is 9.59 Å². The first-order chi connectivity index (χ1) is 9.54. The molecule has 110 valence electrons. The first kappa shape index (κ1) is 16.5. The molecule has 0 heterocycles. The van der Waals surface area contributed by atoms with Gasteiger partial charge in [-0.15, -0.1) is 11.8 Å². The van der Waals surface area contributed by atoms with Crippen molar-refractivity contribution in [3.63, 3.8) is 0 Å². The second kappa shape index (κ2) is 8.58. The van der Waals surface area contributed by atoms with Crippen LogP contribution in [0.4, 0.5) is 4.39 Å². The van der Waals surface area contributed by atoms with E-state index in [0.29, 0.717) is 18.0 Å². The lowest BCUT2D eigenvalue weighted by molar-refractivity contribution is -0.143. The minimum atomic E-state index is -0.334. The monoisotopic (exact) mass is 299 g/mol. The molecule has 0 aliphatic rings. The van der Waals surface area contributed by atoms with Crippen molar-refractivity contribution in [1.29, 1.82) is 0 Å². The summed E-state index contributed by atoms with van der Waals surface area (Å²) in [5.41, 5.74) is 0. The molecule has 0 aliphatic heterocycles. The highest BCUT2D eigenvalue weighted by molar-refractivity contribution is 8.00. The molecule has 0 saturated carbocycles. The predicted molar refractivity (Wildman–Crippen MR) is 76.0 cm³/mol. The van der Waals surface area contributed by atoms with Crippen LogP contribution in [0.25, 0.3) is 0 Å². The van der Waals surface area contributed by atoms with Crippen LogP contribution in [-0.2, 0) is 14.3 Å². The molecular formula is C14H18FNO3S. The number of rotatable bonds is 7. The number of benzene rings is 1. The van der Waals surface area contributed by atoms with Crippen molar-refractivity contribution >= 4 is 23.6 Å². The Balaban J connectivity index is 2.35. The van der Waals surface area contributed by atoms with Crippen LogP contribution in [-0.4, -0.2) is 42.7 Å². The number of esters is 1. The maximum absolute atomic E-state index is 13.4. The minimum Gasteiger partial charge on any atom is -0.466 e. The van der Waals surface area contributed by atoms with Gasteiger partial charge in [0.1, 0.15) is 5.82 Å². The molecule has 0 fully saturated rings. The number of ether oxygens (including phenoxy) is 1. The van der Waals surface area contributed by atoms with Crippen molar-refractivity contribution in [2.45, 2.75) is 18.2 Å². The molecule has 20 heavy (non-hydrogen) atoms. The number of halogens is 1. The van der Waals surface area contributed by atoms with Crippen molar-refractivity contribution in [3.05, 3.63) is 30.1 Å². The second-order valence-electron chi connectivity index (χ2n) is 4.09. The molecule has 0 atom stereocenters. The van der Waals surface area contributed by atoms with E-state index in [4.69, 9.17) is 4.74 Å². The summed E-state index contributed by atoms with van der Waals surface area (Å²) in [6, 6.07) is 6.32. The number of carbonyl (C=O) groups is 2. The van der Waals surface area contributed by atoms with Crippen LogP contribution in [0, 0.1) is 5.82 Å². The molecule has 1 aromatic carbocycles. The Bertz CT molecular complexity index is 467. The largest absolute Gasteiger partial charge is 0.466 e. The number of nitrogens with zero attached hydrogens (tertiary/aromatic N) is 1. The predicted octanol–water partition coefficient (Wildman–Crippen LogP) is 2.33.